The van der Waals surface area contributed by atoms with Gasteiger partial charge in [-0.15, -0.1) is 0 Å². The van der Waals surface area contributed by atoms with Crippen LogP contribution in [-0.4, -0.2) is 29.9 Å². The van der Waals surface area contributed by atoms with Crippen LogP contribution in [0.15, 0.2) is 0 Å². The number of nitrogens with zero attached hydrogens (tertiary/aromatic N) is 1. The van der Waals surface area contributed by atoms with E-state index in [9.17, 15) is 4.79 Å². The van der Waals surface area contributed by atoms with Gasteiger partial charge in [-0.2, -0.15) is 0 Å². The number of carbonyl (C=O) groups is 1. The lowest BCUT2D eigenvalue weighted by Crippen LogP contribution is -2.29. The van der Waals surface area contributed by atoms with E-state index in [1.165, 1.54) is 0 Å². The highest BCUT2D eigenvalue weighted by Crippen LogP contribution is 2.05. The minimum absolute atomic E-state index is 0.142. The molecule has 0 bridgehead atoms. The van der Waals surface area contributed by atoms with Gasteiger partial charge in [0.15, 0.2) is 0 Å². The monoisotopic (exact) mass is 158 g/mol. The Kier molecular flexibility index (Phi) is 4.86. The van der Waals surface area contributed by atoms with E-state index in [-0.39, 0.29) is 11.9 Å². The average Bonchev–Trinajstić information content (AvgIpc) is 2.40. The topological polar surface area (TPSA) is 46.3 Å². The zero-order chi connectivity index (χ0) is 8.85. The molecule has 11 heavy (non-hydrogen) atoms. The molecule has 3 nitrogen and oxygen atoms in total. The number of hydrogen-bond donors (Lipinski definition) is 1. The maximum absolute atomic E-state index is 10.7. The first-order valence-corrected chi connectivity index (χ1v) is 4.21. The summed E-state index contributed by atoms with van der Waals surface area (Å²) >= 11 is 0. The predicted molar refractivity (Wildman–Crippen MR) is 46.2 cm³/mol. The molecule has 0 aromatic rings. The molecule has 1 saturated heterocycles. The molecule has 0 radical (unpaired) electrons. The van der Waals surface area contributed by atoms with Crippen LogP contribution in [0.5, 0.6) is 0 Å². The van der Waals surface area contributed by atoms with Gasteiger partial charge in [-0.1, -0.05) is 13.8 Å². The molecule has 1 aliphatic heterocycles. The molecule has 1 rings (SSSR count). The molecule has 1 aliphatic rings. The second-order valence-electron chi connectivity index (χ2n) is 2.51. The van der Waals surface area contributed by atoms with Gasteiger partial charge in [0.25, 0.3) is 0 Å². The summed E-state index contributed by atoms with van der Waals surface area (Å²) in [4.78, 5) is 12.4. The molecular weight excluding hydrogens is 140 g/mol. The van der Waals surface area contributed by atoms with Crippen molar-refractivity contribution < 1.29 is 4.79 Å². The van der Waals surface area contributed by atoms with E-state index in [1.54, 1.807) is 11.8 Å². The molecule has 0 aromatic heterocycles. The average molecular weight is 158 g/mol. The molecule has 2 N–H and O–H groups in total. The molecular formula is C8H18N2O. The van der Waals surface area contributed by atoms with Crippen LogP contribution in [0.2, 0.25) is 0 Å². The van der Waals surface area contributed by atoms with Gasteiger partial charge in [0.05, 0.1) is 0 Å². The quantitative estimate of drug-likeness (QED) is 0.561. The number of nitrogens with two attached hydrogens (primary N) is 1. The molecule has 0 aromatic carbocycles. The Morgan fingerprint density at radius 3 is 2.27 bits per heavy atom. The second-order valence-corrected chi connectivity index (χ2v) is 2.51. The van der Waals surface area contributed by atoms with Crippen molar-refractivity contribution >= 4 is 5.91 Å². The highest BCUT2D eigenvalue weighted by atomic mass is 16.2. The van der Waals surface area contributed by atoms with Crippen molar-refractivity contribution in [1.29, 1.82) is 0 Å². The molecule has 3 heteroatoms. The van der Waals surface area contributed by atoms with Crippen LogP contribution in [0.1, 0.15) is 27.2 Å². The van der Waals surface area contributed by atoms with Crippen molar-refractivity contribution in [3.05, 3.63) is 0 Å². The lowest BCUT2D eigenvalue weighted by Gasteiger charge is -2.11. The summed E-state index contributed by atoms with van der Waals surface area (Å²) in [5.41, 5.74) is 5.57. The fourth-order valence-corrected chi connectivity index (χ4v) is 1.07. The van der Waals surface area contributed by atoms with Crippen LogP contribution >= 0.6 is 0 Å². The van der Waals surface area contributed by atoms with Gasteiger partial charge in [0, 0.05) is 26.1 Å². The van der Waals surface area contributed by atoms with E-state index in [0.29, 0.717) is 0 Å². The van der Waals surface area contributed by atoms with Crippen molar-refractivity contribution in [2.75, 3.05) is 13.1 Å². The second kappa shape index (κ2) is 5.13. The van der Waals surface area contributed by atoms with E-state index < -0.39 is 0 Å². The van der Waals surface area contributed by atoms with Gasteiger partial charge in [-0.05, 0) is 6.42 Å². The zero-order valence-corrected chi connectivity index (χ0v) is 7.63. The van der Waals surface area contributed by atoms with Gasteiger partial charge < -0.3 is 10.6 Å². The summed E-state index contributed by atoms with van der Waals surface area (Å²) in [5, 5.41) is 0. The van der Waals surface area contributed by atoms with Crippen molar-refractivity contribution in [2.45, 2.75) is 33.2 Å². The van der Waals surface area contributed by atoms with Crippen LogP contribution in [0, 0.1) is 0 Å². The smallest absolute Gasteiger partial charge is 0.219 e. The Morgan fingerprint density at radius 2 is 2.09 bits per heavy atom. The fourth-order valence-electron chi connectivity index (χ4n) is 1.07. The summed E-state index contributed by atoms with van der Waals surface area (Å²) in [7, 11) is 0. The van der Waals surface area contributed by atoms with E-state index in [2.05, 4.69) is 0 Å². The summed E-state index contributed by atoms with van der Waals surface area (Å²) < 4.78 is 0. The van der Waals surface area contributed by atoms with Crippen LogP contribution in [-0.2, 0) is 4.79 Å². The third-order valence-electron chi connectivity index (χ3n) is 1.67. The van der Waals surface area contributed by atoms with Crippen molar-refractivity contribution in [3.63, 3.8) is 0 Å². The number of carbonyl (C=O) groups excluding carboxylic acids is 1. The first-order chi connectivity index (χ1) is 5.20. The van der Waals surface area contributed by atoms with E-state index in [1.807, 2.05) is 13.8 Å². The fraction of sp³-hybridized carbons (Fsp3) is 0.875. The van der Waals surface area contributed by atoms with Crippen LogP contribution < -0.4 is 5.73 Å². The Hall–Kier alpha value is -0.570. The standard InChI is InChI=1S/C6H12N2O.C2H6/c1-5(9)8-3-2-6(7)4-8;1-2/h6H,2-4,7H2,1H3;1-2H3. The summed E-state index contributed by atoms with van der Waals surface area (Å²) in [6.45, 7) is 7.17. The van der Waals surface area contributed by atoms with E-state index in [4.69, 9.17) is 5.73 Å². The highest BCUT2D eigenvalue weighted by Gasteiger charge is 2.20. The minimum atomic E-state index is 0.142. The van der Waals surface area contributed by atoms with Crippen molar-refractivity contribution in [1.82, 2.24) is 4.90 Å². The lowest BCUT2D eigenvalue weighted by molar-refractivity contribution is -0.127. The summed E-state index contributed by atoms with van der Waals surface area (Å²) in [6, 6.07) is 0.217. The summed E-state index contributed by atoms with van der Waals surface area (Å²) in [5.74, 6) is 0.142. The Morgan fingerprint density at radius 1 is 1.55 bits per heavy atom. The van der Waals surface area contributed by atoms with Crippen LogP contribution in [0.4, 0.5) is 0 Å². The first-order valence-electron chi connectivity index (χ1n) is 4.21. The third-order valence-corrected chi connectivity index (χ3v) is 1.67. The van der Waals surface area contributed by atoms with Crippen LogP contribution in [0.25, 0.3) is 0 Å². The number of amides is 1. The SMILES string of the molecule is CC.CC(=O)N1CCC(N)C1. The molecule has 1 heterocycles. The molecule has 0 saturated carbocycles. The largest absolute Gasteiger partial charge is 0.341 e. The zero-order valence-electron chi connectivity index (χ0n) is 7.63. The molecule has 1 fully saturated rings. The van der Waals surface area contributed by atoms with Crippen molar-refractivity contribution in [3.8, 4) is 0 Å². The predicted octanol–water partition coefficient (Wildman–Crippen LogP) is 0.592. The van der Waals surface area contributed by atoms with Gasteiger partial charge in [-0.25, -0.2) is 0 Å². The van der Waals surface area contributed by atoms with Crippen molar-refractivity contribution in [2.24, 2.45) is 5.73 Å². The molecule has 66 valence electrons. The Labute approximate surface area is 68.6 Å². The van der Waals surface area contributed by atoms with Gasteiger partial charge in [0.1, 0.15) is 0 Å². The molecule has 1 unspecified atom stereocenters. The number of hydrogen-bond acceptors (Lipinski definition) is 2. The Bertz CT molecular complexity index is 125. The van der Waals surface area contributed by atoms with E-state index in [0.717, 1.165) is 19.5 Å². The maximum atomic E-state index is 10.7. The number of likely N-dealkylation sites (tertiary alicyclic amines) is 1. The van der Waals surface area contributed by atoms with Gasteiger partial charge >= 0.3 is 0 Å². The molecule has 1 amide bonds. The van der Waals surface area contributed by atoms with Crippen LogP contribution in [0.3, 0.4) is 0 Å². The lowest BCUT2D eigenvalue weighted by atomic mass is 10.3. The maximum Gasteiger partial charge on any atom is 0.219 e. The minimum Gasteiger partial charge on any atom is -0.341 e. The first kappa shape index (κ1) is 10.4. The highest BCUT2D eigenvalue weighted by molar-refractivity contribution is 5.73. The Balaban J connectivity index is 0.000000461. The molecule has 0 aliphatic carbocycles. The normalized spacial score (nSPS) is 22.5. The van der Waals surface area contributed by atoms with Gasteiger partial charge in [0.2, 0.25) is 5.91 Å². The molecule has 0 spiro atoms. The third kappa shape index (κ3) is 3.37. The summed E-state index contributed by atoms with van der Waals surface area (Å²) in [6.07, 6.45) is 0.958. The van der Waals surface area contributed by atoms with Gasteiger partial charge in [-0.3, -0.25) is 4.79 Å². The van der Waals surface area contributed by atoms with E-state index >= 15 is 0 Å². The molecule has 1 atom stereocenters. The number of rotatable bonds is 0.